The van der Waals surface area contributed by atoms with Gasteiger partial charge >= 0.3 is 0 Å². The first kappa shape index (κ1) is 19.6. The third kappa shape index (κ3) is 4.55. The van der Waals surface area contributed by atoms with Gasteiger partial charge in [0.1, 0.15) is 6.04 Å². The van der Waals surface area contributed by atoms with Crippen LogP contribution in [0.1, 0.15) is 23.3 Å². The van der Waals surface area contributed by atoms with E-state index in [2.05, 4.69) is 10.3 Å². The molecule has 1 unspecified atom stereocenters. The minimum absolute atomic E-state index is 0.352. The number of hydrogen-bond acceptors (Lipinski definition) is 5. The van der Waals surface area contributed by atoms with Gasteiger partial charge in [0.25, 0.3) is 0 Å². The third-order valence-electron chi connectivity index (χ3n) is 4.09. The molecule has 2 heterocycles. The maximum absolute atomic E-state index is 12.4. The summed E-state index contributed by atoms with van der Waals surface area (Å²) >= 11 is 13.5. The highest BCUT2D eigenvalue weighted by Crippen LogP contribution is 2.28. The van der Waals surface area contributed by atoms with E-state index in [0.29, 0.717) is 41.0 Å². The van der Waals surface area contributed by atoms with Crippen molar-refractivity contribution in [3.05, 3.63) is 44.9 Å². The Balaban J connectivity index is 1.68. The standard InChI is InChI=1S/C16H17Cl2N3O3S2/c1-26(23,24)21-6-2-3-14(21)15(22)20-16-19-9-12(25-16)8-10-7-11(17)4-5-13(10)18/h4-5,7,9,14H,2-3,6,8H2,1H3,(H,19,20,22). The first-order valence-corrected chi connectivity index (χ1v) is 11.3. The van der Waals surface area contributed by atoms with Crippen LogP contribution in [0.25, 0.3) is 0 Å². The van der Waals surface area contributed by atoms with Crippen LogP contribution in [0, 0.1) is 0 Å². The highest BCUT2D eigenvalue weighted by Gasteiger charge is 2.36. The number of rotatable bonds is 5. The Bertz CT molecular complexity index is 931. The van der Waals surface area contributed by atoms with Crippen LogP contribution in [0.5, 0.6) is 0 Å². The number of nitrogens with zero attached hydrogens (tertiary/aromatic N) is 2. The Kier molecular flexibility index (Phi) is 5.88. The molecule has 1 aliphatic heterocycles. The first-order valence-electron chi connectivity index (χ1n) is 7.90. The van der Waals surface area contributed by atoms with Crippen LogP contribution >= 0.6 is 34.5 Å². The zero-order chi connectivity index (χ0) is 18.9. The van der Waals surface area contributed by atoms with Crippen molar-refractivity contribution in [3.63, 3.8) is 0 Å². The molecule has 1 aromatic carbocycles. The summed E-state index contributed by atoms with van der Waals surface area (Å²) in [5, 5.41) is 4.37. The lowest BCUT2D eigenvalue weighted by Gasteiger charge is -2.20. The number of aromatic nitrogens is 1. The molecule has 0 aliphatic carbocycles. The Labute approximate surface area is 166 Å². The SMILES string of the molecule is CS(=O)(=O)N1CCCC1C(=O)Nc1ncc(Cc2cc(Cl)ccc2Cl)s1. The molecular formula is C16H17Cl2N3O3S2. The lowest BCUT2D eigenvalue weighted by molar-refractivity contribution is -0.119. The zero-order valence-electron chi connectivity index (χ0n) is 13.9. The number of carbonyl (C=O) groups is 1. The molecule has 0 bridgehead atoms. The van der Waals surface area contributed by atoms with Crippen molar-refractivity contribution < 1.29 is 13.2 Å². The largest absolute Gasteiger partial charge is 0.301 e. The Hall–Kier alpha value is -1.19. The van der Waals surface area contributed by atoms with E-state index in [9.17, 15) is 13.2 Å². The normalized spacial score (nSPS) is 18.2. The second kappa shape index (κ2) is 7.82. The summed E-state index contributed by atoms with van der Waals surface area (Å²) in [4.78, 5) is 17.6. The molecular weight excluding hydrogens is 417 g/mol. The molecule has 1 aromatic heterocycles. The molecule has 140 valence electrons. The molecule has 2 aromatic rings. The number of anilines is 1. The Morgan fingerprint density at radius 2 is 2.19 bits per heavy atom. The number of halogens is 2. The van der Waals surface area contributed by atoms with E-state index >= 15 is 0 Å². The summed E-state index contributed by atoms with van der Waals surface area (Å²) < 4.78 is 24.8. The summed E-state index contributed by atoms with van der Waals surface area (Å²) in [6.45, 7) is 0.368. The summed E-state index contributed by atoms with van der Waals surface area (Å²) in [6, 6.07) is 4.58. The molecule has 1 aliphatic rings. The molecule has 1 amide bonds. The van der Waals surface area contributed by atoms with Crippen LogP contribution in [0.3, 0.4) is 0 Å². The molecule has 10 heteroatoms. The molecule has 0 radical (unpaired) electrons. The van der Waals surface area contributed by atoms with E-state index in [0.717, 1.165) is 16.7 Å². The fourth-order valence-corrected chi connectivity index (χ4v) is 5.24. The first-order chi connectivity index (χ1) is 12.2. The number of sulfonamides is 1. The summed E-state index contributed by atoms with van der Waals surface area (Å²) in [6.07, 6.45) is 4.51. The van der Waals surface area contributed by atoms with Crippen molar-refractivity contribution >= 4 is 55.6 Å². The number of nitrogens with one attached hydrogen (secondary N) is 1. The topological polar surface area (TPSA) is 79.4 Å². The van der Waals surface area contributed by atoms with E-state index < -0.39 is 16.1 Å². The molecule has 1 N–H and O–H groups in total. The van der Waals surface area contributed by atoms with Gasteiger partial charge in [-0.25, -0.2) is 13.4 Å². The number of carbonyl (C=O) groups excluding carboxylic acids is 1. The fraction of sp³-hybridized carbons (Fsp3) is 0.375. The van der Waals surface area contributed by atoms with Gasteiger partial charge in [0, 0.05) is 34.1 Å². The van der Waals surface area contributed by atoms with Crippen molar-refractivity contribution in [3.8, 4) is 0 Å². The number of benzene rings is 1. The summed E-state index contributed by atoms with van der Waals surface area (Å²) in [7, 11) is -3.41. The lowest BCUT2D eigenvalue weighted by atomic mass is 10.1. The maximum Gasteiger partial charge on any atom is 0.244 e. The van der Waals surface area contributed by atoms with Crippen molar-refractivity contribution in [2.24, 2.45) is 0 Å². The molecule has 1 fully saturated rings. The molecule has 0 saturated carbocycles. The van der Waals surface area contributed by atoms with Crippen LogP contribution in [-0.4, -0.2) is 42.5 Å². The van der Waals surface area contributed by atoms with Gasteiger partial charge in [-0.1, -0.05) is 23.2 Å². The number of thiazole rings is 1. The summed E-state index contributed by atoms with van der Waals surface area (Å²) in [5.41, 5.74) is 0.875. The highest BCUT2D eigenvalue weighted by molar-refractivity contribution is 7.88. The van der Waals surface area contributed by atoms with Crippen LogP contribution in [0.15, 0.2) is 24.4 Å². The Morgan fingerprint density at radius 1 is 1.42 bits per heavy atom. The fourth-order valence-electron chi connectivity index (χ4n) is 2.90. The predicted molar refractivity (Wildman–Crippen MR) is 105 cm³/mol. The predicted octanol–water partition coefficient (Wildman–Crippen LogP) is 3.40. The van der Waals surface area contributed by atoms with E-state index in [4.69, 9.17) is 23.2 Å². The molecule has 1 saturated heterocycles. The van der Waals surface area contributed by atoms with Gasteiger partial charge in [-0.05, 0) is 36.6 Å². The van der Waals surface area contributed by atoms with Gasteiger partial charge in [0.2, 0.25) is 15.9 Å². The van der Waals surface area contributed by atoms with Gasteiger partial charge in [0.05, 0.1) is 6.26 Å². The third-order valence-corrected chi connectivity index (χ3v) is 6.89. The second-order valence-electron chi connectivity index (χ2n) is 6.07. The van der Waals surface area contributed by atoms with Crippen molar-refractivity contribution in [2.75, 3.05) is 18.1 Å². The number of hydrogen-bond donors (Lipinski definition) is 1. The van der Waals surface area contributed by atoms with Gasteiger partial charge in [-0.3, -0.25) is 4.79 Å². The Morgan fingerprint density at radius 3 is 2.92 bits per heavy atom. The van der Waals surface area contributed by atoms with Crippen molar-refractivity contribution in [1.82, 2.24) is 9.29 Å². The van der Waals surface area contributed by atoms with Crippen molar-refractivity contribution in [2.45, 2.75) is 25.3 Å². The molecule has 0 spiro atoms. The zero-order valence-corrected chi connectivity index (χ0v) is 17.1. The van der Waals surface area contributed by atoms with Crippen LogP contribution in [-0.2, 0) is 21.2 Å². The van der Waals surface area contributed by atoms with E-state index in [-0.39, 0.29) is 5.91 Å². The quantitative estimate of drug-likeness (QED) is 0.783. The lowest BCUT2D eigenvalue weighted by Crippen LogP contribution is -2.42. The minimum Gasteiger partial charge on any atom is -0.301 e. The van der Waals surface area contributed by atoms with E-state index in [1.54, 1.807) is 24.4 Å². The average molecular weight is 434 g/mol. The average Bonchev–Trinajstić information content (AvgIpc) is 3.20. The summed E-state index contributed by atoms with van der Waals surface area (Å²) in [5.74, 6) is -0.352. The number of amides is 1. The molecule has 1 atom stereocenters. The van der Waals surface area contributed by atoms with Crippen LogP contribution < -0.4 is 5.32 Å². The van der Waals surface area contributed by atoms with Gasteiger partial charge in [0.15, 0.2) is 5.13 Å². The van der Waals surface area contributed by atoms with Gasteiger partial charge < -0.3 is 5.32 Å². The monoisotopic (exact) mass is 433 g/mol. The second-order valence-corrected chi connectivity index (χ2v) is 9.96. The van der Waals surface area contributed by atoms with Crippen LogP contribution in [0.4, 0.5) is 5.13 Å². The smallest absolute Gasteiger partial charge is 0.244 e. The molecule has 6 nitrogen and oxygen atoms in total. The maximum atomic E-state index is 12.4. The highest BCUT2D eigenvalue weighted by atomic mass is 35.5. The minimum atomic E-state index is -3.41. The van der Waals surface area contributed by atoms with Gasteiger partial charge in [-0.15, -0.1) is 11.3 Å². The van der Waals surface area contributed by atoms with Crippen LogP contribution in [0.2, 0.25) is 10.0 Å². The van der Waals surface area contributed by atoms with Gasteiger partial charge in [-0.2, -0.15) is 4.31 Å². The molecule has 26 heavy (non-hydrogen) atoms. The van der Waals surface area contributed by atoms with E-state index in [1.165, 1.54) is 15.6 Å². The van der Waals surface area contributed by atoms with E-state index in [1.807, 2.05) is 0 Å². The molecule has 3 rings (SSSR count). The van der Waals surface area contributed by atoms with Crippen molar-refractivity contribution in [1.29, 1.82) is 0 Å².